The summed E-state index contributed by atoms with van der Waals surface area (Å²) >= 11 is 0. The van der Waals surface area contributed by atoms with Crippen molar-refractivity contribution in [2.24, 2.45) is 0 Å². The molecule has 0 saturated heterocycles. The summed E-state index contributed by atoms with van der Waals surface area (Å²) in [7, 11) is 0. The van der Waals surface area contributed by atoms with Gasteiger partial charge in [-0.05, 0) is 37.1 Å². The van der Waals surface area contributed by atoms with Crippen molar-refractivity contribution in [3.05, 3.63) is 47.2 Å². The SMILES string of the molecule is Cc1ccc2c(c1)-c1c(ccn1C[C@@H](C)O)C2(C)C. The van der Waals surface area contributed by atoms with E-state index < -0.39 is 0 Å². The highest BCUT2D eigenvalue weighted by Gasteiger charge is 2.37. The van der Waals surface area contributed by atoms with Crippen molar-refractivity contribution in [3.63, 3.8) is 0 Å². The third kappa shape index (κ3) is 1.74. The summed E-state index contributed by atoms with van der Waals surface area (Å²) in [5.74, 6) is 0. The first-order chi connectivity index (χ1) is 8.91. The van der Waals surface area contributed by atoms with Crippen molar-refractivity contribution < 1.29 is 5.11 Å². The molecule has 1 aromatic heterocycles. The summed E-state index contributed by atoms with van der Waals surface area (Å²) < 4.78 is 2.19. The van der Waals surface area contributed by atoms with Crippen LogP contribution in [0.25, 0.3) is 11.3 Å². The number of rotatable bonds is 2. The first-order valence-electron chi connectivity index (χ1n) is 6.90. The smallest absolute Gasteiger partial charge is 0.0691 e. The van der Waals surface area contributed by atoms with E-state index in [4.69, 9.17) is 0 Å². The Morgan fingerprint density at radius 1 is 1.21 bits per heavy atom. The van der Waals surface area contributed by atoms with E-state index in [2.05, 4.69) is 55.8 Å². The monoisotopic (exact) mass is 255 g/mol. The normalized spacial score (nSPS) is 17.1. The lowest BCUT2D eigenvalue weighted by Gasteiger charge is -2.20. The van der Waals surface area contributed by atoms with Gasteiger partial charge in [0.25, 0.3) is 0 Å². The Morgan fingerprint density at radius 3 is 2.63 bits per heavy atom. The Labute approximate surface area is 114 Å². The Bertz CT molecular complexity index is 635. The molecule has 3 rings (SSSR count). The first kappa shape index (κ1) is 12.5. The maximum absolute atomic E-state index is 9.67. The van der Waals surface area contributed by atoms with Crippen LogP contribution in [-0.4, -0.2) is 15.8 Å². The number of hydrogen-bond donors (Lipinski definition) is 1. The fourth-order valence-corrected chi connectivity index (χ4v) is 3.26. The third-order valence-corrected chi connectivity index (χ3v) is 4.20. The summed E-state index contributed by atoms with van der Waals surface area (Å²) in [6.07, 6.45) is 1.78. The molecule has 1 aliphatic rings. The molecule has 0 bridgehead atoms. The van der Waals surface area contributed by atoms with Crippen molar-refractivity contribution in [1.29, 1.82) is 0 Å². The van der Waals surface area contributed by atoms with Gasteiger partial charge in [0.2, 0.25) is 0 Å². The van der Waals surface area contributed by atoms with Crippen molar-refractivity contribution in [3.8, 4) is 11.3 Å². The molecule has 2 nitrogen and oxygen atoms in total. The van der Waals surface area contributed by atoms with Crippen LogP contribution >= 0.6 is 0 Å². The van der Waals surface area contributed by atoms with E-state index >= 15 is 0 Å². The van der Waals surface area contributed by atoms with Crippen LogP contribution in [0.1, 0.15) is 37.5 Å². The van der Waals surface area contributed by atoms with E-state index in [-0.39, 0.29) is 11.5 Å². The van der Waals surface area contributed by atoms with Gasteiger partial charge in [-0.1, -0.05) is 31.5 Å². The zero-order valence-corrected chi connectivity index (χ0v) is 12.1. The summed E-state index contributed by atoms with van der Waals surface area (Å²) in [5.41, 5.74) is 6.71. The van der Waals surface area contributed by atoms with E-state index in [9.17, 15) is 5.11 Å². The molecule has 0 saturated carbocycles. The molecule has 1 N–H and O–H groups in total. The van der Waals surface area contributed by atoms with Gasteiger partial charge in [-0.2, -0.15) is 0 Å². The average molecular weight is 255 g/mol. The van der Waals surface area contributed by atoms with Gasteiger partial charge >= 0.3 is 0 Å². The number of aromatic nitrogens is 1. The van der Waals surface area contributed by atoms with Crippen LogP contribution < -0.4 is 0 Å². The molecule has 1 heterocycles. The minimum Gasteiger partial charge on any atom is -0.392 e. The van der Waals surface area contributed by atoms with Crippen LogP contribution in [0.15, 0.2) is 30.5 Å². The summed E-state index contributed by atoms with van der Waals surface area (Å²) in [6.45, 7) is 9.18. The lowest BCUT2D eigenvalue weighted by Crippen LogP contribution is -2.14. The van der Waals surface area contributed by atoms with Gasteiger partial charge in [0.05, 0.1) is 11.8 Å². The minimum atomic E-state index is -0.325. The van der Waals surface area contributed by atoms with Crippen molar-refractivity contribution in [2.45, 2.75) is 45.8 Å². The highest BCUT2D eigenvalue weighted by Crippen LogP contribution is 2.49. The number of aliphatic hydroxyl groups excluding tert-OH is 1. The van der Waals surface area contributed by atoms with Gasteiger partial charge in [-0.25, -0.2) is 0 Å². The van der Waals surface area contributed by atoms with Gasteiger partial charge in [-0.15, -0.1) is 0 Å². The lowest BCUT2D eigenvalue weighted by atomic mass is 9.83. The number of hydrogen-bond acceptors (Lipinski definition) is 1. The first-order valence-corrected chi connectivity index (χ1v) is 6.90. The Hall–Kier alpha value is -1.54. The molecule has 2 heteroatoms. The van der Waals surface area contributed by atoms with Crippen LogP contribution in [0.2, 0.25) is 0 Å². The number of benzene rings is 1. The van der Waals surface area contributed by atoms with Gasteiger partial charge < -0.3 is 9.67 Å². The second-order valence-corrected chi connectivity index (χ2v) is 6.25. The second kappa shape index (κ2) is 3.97. The zero-order chi connectivity index (χ0) is 13.8. The third-order valence-electron chi connectivity index (χ3n) is 4.20. The van der Waals surface area contributed by atoms with Crippen LogP contribution in [0, 0.1) is 6.92 Å². The van der Waals surface area contributed by atoms with E-state index in [1.807, 2.05) is 6.92 Å². The molecule has 0 unspecified atom stereocenters. The average Bonchev–Trinajstić information content (AvgIpc) is 2.79. The minimum absolute atomic E-state index is 0.0578. The highest BCUT2D eigenvalue weighted by molar-refractivity contribution is 5.79. The summed E-state index contributed by atoms with van der Waals surface area (Å²) in [5, 5.41) is 9.67. The number of fused-ring (bicyclic) bond motifs is 3. The Morgan fingerprint density at radius 2 is 1.95 bits per heavy atom. The molecule has 1 atom stereocenters. The molecule has 2 aromatic rings. The number of aliphatic hydroxyl groups is 1. The zero-order valence-electron chi connectivity index (χ0n) is 12.1. The van der Waals surface area contributed by atoms with Gasteiger partial charge in [0.15, 0.2) is 0 Å². The topological polar surface area (TPSA) is 25.2 Å². The predicted molar refractivity (Wildman–Crippen MR) is 78.4 cm³/mol. The van der Waals surface area contributed by atoms with Crippen LogP contribution in [0.3, 0.4) is 0 Å². The molecule has 0 amide bonds. The molecule has 1 aliphatic carbocycles. The second-order valence-electron chi connectivity index (χ2n) is 6.25. The van der Waals surface area contributed by atoms with E-state index in [1.54, 1.807) is 0 Å². The predicted octanol–water partition coefficient (Wildman–Crippen LogP) is 3.48. The van der Waals surface area contributed by atoms with Crippen molar-refractivity contribution in [1.82, 2.24) is 4.57 Å². The Balaban J connectivity index is 2.24. The fourth-order valence-electron chi connectivity index (χ4n) is 3.26. The molecule has 1 aromatic carbocycles. The molecule has 19 heavy (non-hydrogen) atoms. The molecule has 0 spiro atoms. The number of aryl methyl sites for hydroxylation is 1. The maximum Gasteiger partial charge on any atom is 0.0691 e. The van der Waals surface area contributed by atoms with Crippen molar-refractivity contribution in [2.75, 3.05) is 0 Å². The molecule has 0 fully saturated rings. The Kier molecular flexibility index (Phi) is 2.61. The quantitative estimate of drug-likeness (QED) is 0.873. The van der Waals surface area contributed by atoms with E-state index in [0.29, 0.717) is 6.54 Å². The summed E-state index contributed by atoms with van der Waals surface area (Å²) in [6, 6.07) is 8.90. The standard InChI is InChI=1S/C17H21NO/c1-11-5-6-14-13(9-11)16-15(17(14,3)4)7-8-18(16)10-12(2)19/h5-9,12,19H,10H2,1-4H3/t12-/m1/s1. The summed E-state index contributed by atoms with van der Waals surface area (Å²) in [4.78, 5) is 0. The van der Waals surface area contributed by atoms with E-state index in [0.717, 1.165) is 0 Å². The van der Waals surface area contributed by atoms with Gasteiger partial charge in [0.1, 0.15) is 0 Å². The largest absolute Gasteiger partial charge is 0.392 e. The highest BCUT2D eigenvalue weighted by atomic mass is 16.3. The van der Waals surface area contributed by atoms with Crippen LogP contribution in [0.5, 0.6) is 0 Å². The lowest BCUT2D eigenvalue weighted by molar-refractivity contribution is 0.174. The van der Waals surface area contributed by atoms with Crippen molar-refractivity contribution >= 4 is 0 Å². The molecule has 0 radical (unpaired) electrons. The van der Waals surface area contributed by atoms with Crippen LogP contribution in [0.4, 0.5) is 0 Å². The molecule has 0 aliphatic heterocycles. The van der Waals surface area contributed by atoms with Gasteiger partial charge in [0, 0.05) is 23.7 Å². The fraction of sp³-hybridized carbons (Fsp3) is 0.412. The maximum atomic E-state index is 9.67. The van der Waals surface area contributed by atoms with Gasteiger partial charge in [-0.3, -0.25) is 0 Å². The molecular weight excluding hydrogens is 234 g/mol. The molecular formula is C17H21NO. The van der Waals surface area contributed by atoms with Crippen LogP contribution in [-0.2, 0) is 12.0 Å². The van der Waals surface area contributed by atoms with E-state index in [1.165, 1.54) is 27.9 Å². The molecule has 100 valence electrons. The number of nitrogens with zero attached hydrogens (tertiary/aromatic N) is 1.